The van der Waals surface area contributed by atoms with Crippen LogP contribution >= 0.6 is 0 Å². The molecule has 0 amide bonds. The summed E-state index contributed by atoms with van der Waals surface area (Å²) < 4.78 is 60.9. The van der Waals surface area contributed by atoms with Crippen molar-refractivity contribution in [3.63, 3.8) is 0 Å². The first-order chi connectivity index (χ1) is 12.3. The molecule has 1 aromatic rings. The van der Waals surface area contributed by atoms with Crippen molar-refractivity contribution in [2.75, 3.05) is 42.7 Å². The molecule has 1 aromatic heterocycles. The van der Waals surface area contributed by atoms with Gasteiger partial charge in [0.2, 0.25) is 11.8 Å². The number of fused-ring (bicyclic) bond motifs is 1. The molecule has 7 nitrogen and oxygen atoms in total. The van der Waals surface area contributed by atoms with E-state index in [1.807, 2.05) is 0 Å². The van der Waals surface area contributed by atoms with Crippen LogP contribution in [-0.2, 0) is 11.3 Å². The van der Waals surface area contributed by atoms with E-state index in [0.29, 0.717) is 13.2 Å². The second kappa shape index (κ2) is 7.03. The number of hydrogen-bond acceptors (Lipinski definition) is 6. The Bertz CT molecular complexity index is 724. The van der Waals surface area contributed by atoms with E-state index >= 15 is 0 Å². The highest BCUT2D eigenvalue weighted by atomic mass is 19.4. The Morgan fingerprint density at radius 3 is 2.69 bits per heavy atom. The van der Waals surface area contributed by atoms with Crippen molar-refractivity contribution in [3.05, 3.63) is 16.2 Å². The van der Waals surface area contributed by atoms with Gasteiger partial charge in [0.05, 0.1) is 25.9 Å². The van der Waals surface area contributed by atoms with E-state index in [4.69, 9.17) is 4.74 Å². The van der Waals surface area contributed by atoms with Crippen molar-refractivity contribution in [1.82, 2.24) is 9.55 Å². The standard InChI is InChI=1S/C15H20F4N4O3/c1-9-8-26-7-5-21(9)12-11(16)13(25)23-3-2-10(15(17,18)19)22(4-6-24)14(23)20-12/h9-10,24H,2-8H2,1H3. The first-order valence-electron chi connectivity index (χ1n) is 8.34. The number of hydrogen-bond donors (Lipinski definition) is 1. The number of rotatable bonds is 3. The van der Waals surface area contributed by atoms with Crippen LogP contribution in [0, 0.1) is 5.82 Å². The van der Waals surface area contributed by atoms with Gasteiger partial charge >= 0.3 is 6.18 Å². The predicted molar refractivity (Wildman–Crippen MR) is 85.0 cm³/mol. The Balaban J connectivity index is 2.11. The molecule has 26 heavy (non-hydrogen) atoms. The molecule has 0 saturated carbocycles. The minimum Gasteiger partial charge on any atom is -0.395 e. The Kier molecular flexibility index (Phi) is 5.11. The zero-order valence-electron chi connectivity index (χ0n) is 14.2. The van der Waals surface area contributed by atoms with Crippen LogP contribution in [0.3, 0.4) is 0 Å². The molecule has 11 heteroatoms. The number of nitrogens with zero attached hydrogens (tertiary/aromatic N) is 4. The molecule has 0 bridgehead atoms. The molecular formula is C15H20F4N4O3. The summed E-state index contributed by atoms with van der Waals surface area (Å²) >= 11 is 0. The van der Waals surface area contributed by atoms with Gasteiger partial charge < -0.3 is 19.6 Å². The van der Waals surface area contributed by atoms with Gasteiger partial charge in [0, 0.05) is 19.6 Å². The molecule has 146 valence electrons. The minimum absolute atomic E-state index is 0.271. The fourth-order valence-electron chi connectivity index (χ4n) is 3.41. The van der Waals surface area contributed by atoms with Crippen molar-refractivity contribution in [3.8, 4) is 0 Å². The molecule has 0 aromatic carbocycles. The van der Waals surface area contributed by atoms with E-state index in [0.717, 1.165) is 9.47 Å². The third kappa shape index (κ3) is 3.25. The summed E-state index contributed by atoms with van der Waals surface area (Å²) in [7, 11) is 0. The van der Waals surface area contributed by atoms with Crippen LogP contribution in [0.2, 0.25) is 0 Å². The molecule has 3 rings (SSSR count). The van der Waals surface area contributed by atoms with E-state index in [9.17, 15) is 27.5 Å². The fraction of sp³-hybridized carbons (Fsp3) is 0.733. The lowest BCUT2D eigenvalue weighted by Crippen LogP contribution is -2.54. The minimum atomic E-state index is -4.56. The number of aliphatic hydroxyl groups excluding tert-OH is 1. The van der Waals surface area contributed by atoms with Crippen LogP contribution in [0.25, 0.3) is 0 Å². The van der Waals surface area contributed by atoms with Gasteiger partial charge in [0.1, 0.15) is 6.04 Å². The summed E-state index contributed by atoms with van der Waals surface area (Å²) in [6, 6.07) is -2.16. The normalized spacial score (nSPS) is 23.9. The summed E-state index contributed by atoms with van der Waals surface area (Å²) in [5, 5.41) is 9.19. The number of aliphatic hydroxyl groups is 1. The summed E-state index contributed by atoms with van der Waals surface area (Å²) in [6.45, 7) is 1.42. The molecule has 2 unspecified atom stereocenters. The predicted octanol–water partition coefficient (Wildman–Crippen LogP) is 0.741. The van der Waals surface area contributed by atoms with Crippen LogP contribution < -0.4 is 15.4 Å². The summed E-state index contributed by atoms with van der Waals surface area (Å²) in [4.78, 5) is 18.8. The Morgan fingerprint density at radius 1 is 1.35 bits per heavy atom. The molecule has 3 heterocycles. The Labute approximate surface area is 146 Å². The van der Waals surface area contributed by atoms with Crippen LogP contribution in [0.15, 0.2) is 4.79 Å². The highest BCUT2D eigenvalue weighted by Crippen LogP contribution is 2.34. The number of alkyl halides is 3. The topological polar surface area (TPSA) is 70.8 Å². The highest BCUT2D eigenvalue weighted by Gasteiger charge is 2.47. The summed E-state index contributed by atoms with van der Waals surface area (Å²) in [5.74, 6) is -1.63. The van der Waals surface area contributed by atoms with Gasteiger partial charge in [-0.1, -0.05) is 0 Å². The highest BCUT2D eigenvalue weighted by molar-refractivity contribution is 5.48. The average molecular weight is 380 g/mol. The van der Waals surface area contributed by atoms with Crippen LogP contribution in [0.1, 0.15) is 13.3 Å². The lowest BCUT2D eigenvalue weighted by Gasteiger charge is -2.40. The number of β-amino-alcohol motifs (C(OH)–C–C–N with tert-alkyl or cyclic N) is 1. The van der Waals surface area contributed by atoms with Crippen LogP contribution in [0.4, 0.5) is 29.3 Å². The first kappa shape index (κ1) is 18.9. The third-order valence-corrected chi connectivity index (χ3v) is 4.69. The third-order valence-electron chi connectivity index (χ3n) is 4.69. The van der Waals surface area contributed by atoms with Gasteiger partial charge in [-0.05, 0) is 13.3 Å². The van der Waals surface area contributed by atoms with Gasteiger partial charge in [-0.15, -0.1) is 0 Å². The van der Waals surface area contributed by atoms with Crippen molar-refractivity contribution < 1.29 is 27.4 Å². The van der Waals surface area contributed by atoms with Gasteiger partial charge in [-0.25, -0.2) is 0 Å². The number of ether oxygens (including phenoxy) is 1. The van der Waals surface area contributed by atoms with E-state index in [1.165, 1.54) is 4.90 Å². The number of halogens is 4. The van der Waals surface area contributed by atoms with Gasteiger partial charge in [-0.2, -0.15) is 22.5 Å². The zero-order valence-corrected chi connectivity index (χ0v) is 14.2. The fourth-order valence-corrected chi connectivity index (χ4v) is 3.41. The monoisotopic (exact) mass is 380 g/mol. The summed E-state index contributed by atoms with van der Waals surface area (Å²) in [5.41, 5.74) is -1.01. The maximum Gasteiger partial charge on any atom is 0.408 e. The van der Waals surface area contributed by atoms with Gasteiger partial charge in [0.25, 0.3) is 5.56 Å². The van der Waals surface area contributed by atoms with Gasteiger partial charge in [-0.3, -0.25) is 9.36 Å². The van der Waals surface area contributed by atoms with E-state index in [2.05, 4.69) is 4.98 Å². The Hall–Kier alpha value is -1.88. The molecule has 1 fully saturated rings. The number of morpholine rings is 1. The van der Waals surface area contributed by atoms with E-state index in [1.54, 1.807) is 6.92 Å². The van der Waals surface area contributed by atoms with E-state index in [-0.39, 0.29) is 37.4 Å². The largest absolute Gasteiger partial charge is 0.408 e. The van der Waals surface area contributed by atoms with Crippen molar-refractivity contribution >= 4 is 11.8 Å². The van der Waals surface area contributed by atoms with Crippen LogP contribution in [0.5, 0.6) is 0 Å². The van der Waals surface area contributed by atoms with Crippen molar-refractivity contribution in [2.45, 2.75) is 38.1 Å². The maximum atomic E-state index is 14.6. The Morgan fingerprint density at radius 2 is 2.08 bits per heavy atom. The number of aromatic nitrogens is 2. The second-order valence-electron chi connectivity index (χ2n) is 6.39. The lowest BCUT2D eigenvalue weighted by atomic mass is 10.1. The van der Waals surface area contributed by atoms with Gasteiger partial charge in [0.15, 0.2) is 5.82 Å². The molecule has 2 aliphatic heterocycles. The van der Waals surface area contributed by atoms with Crippen LogP contribution in [-0.4, -0.2) is 65.8 Å². The maximum absolute atomic E-state index is 14.6. The molecule has 0 radical (unpaired) electrons. The quantitative estimate of drug-likeness (QED) is 0.781. The molecule has 0 spiro atoms. The first-order valence-corrected chi connectivity index (χ1v) is 8.34. The second-order valence-corrected chi connectivity index (χ2v) is 6.39. The molecular weight excluding hydrogens is 360 g/mol. The zero-order chi connectivity index (χ0) is 19.1. The molecule has 2 atom stereocenters. The summed E-state index contributed by atoms with van der Waals surface area (Å²) in [6.07, 6.45) is -4.97. The van der Waals surface area contributed by atoms with Crippen molar-refractivity contribution in [2.24, 2.45) is 0 Å². The van der Waals surface area contributed by atoms with E-state index < -0.39 is 36.6 Å². The van der Waals surface area contributed by atoms with Crippen molar-refractivity contribution in [1.29, 1.82) is 0 Å². The smallest absolute Gasteiger partial charge is 0.395 e. The molecule has 2 aliphatic rings. The SMILES string of the molecule is CC1COCCN1c1nc2n(c(=O)c1F)CCC(C(F)(F)F)N2CCO. The average Bonchev–Trinajstić information content (AvgIpc) is 2.58. The molecule has 1 N–H and O–H groups in total. The molecule has 0 aliphatic carbocycles. The lowest BCUT2D eigenvalue weighted by molar-refractivity contribution is -0.152. The molecule has 1 saturated heterocycles. The number of anilines is 2.